The third-order valence-corrected chi connectivity index (χ3v) is 4.11. The van der Waals surface area contributed by atoms with Gasteiger partial charge in [0.05, 0.1) is 29.1 Å². The summed E-state index contributed by atoms with van der Waals surface area (Å²) in [5.41, 5.74) is 0.874. The summed E-state index contributed by atoms with van der Waals surface area (Å²) in [7, 11) is 0. The third-order valence-electron chi connectivity index (χ3n) is 3.18. The van der Waals surface area contributed by atoms with Crippen LogP contribution in [-0.4, -0.2) is 22.7 Å². The molecule has 0 fully saturated rings. The maximum absolute atomic E-state index is 11.8. The normalized spacial score (nSPS) is 10.5. The first-order chi connectivity index (χ1) is 11.7. The Morgan fingerprint density at radius 3 is 2.79 bits per heavy atom. The Hall–Kier alpha value is -2.80. The standard InChI is InChI=1S/C17H15N3O3S/c21-15(20-17(22)18-10-13-5-3-9-23-13)11-24-16-8-7-12-4-1-2-6-14(12)19-16/h1-9H,10-11H2,(H2,18,20,21,22). The Morgan fingerprint density at radius 1 is 1.08 bits per heavy atom. The lowest BCUT2D eigenvalue weighted by Crippen LogP contribution is -2.39. The number of nitrogens with one attached hydrogen (secondary N) is 2. The minimum atomic E-state index is -0.552. The topological polar surface area (TPSA) is 84.2 Å². The molecular weight excluding hydrogens is 326 g/mol. The number of hydrogen-bond donors (Lipinski definition) is 2. The fourth-order valence-electron chi connectivity index (χ4n) is 2.05. The van der Waals surface area contributed by atoms with Crippen molar-refractivity contribution in [1.29, 1.82) is 0 Å². The number of carbonyl (C=O) groups is 2. The first-order valence-electron chi connectivity index (χ1n) is 7.29. The number of benzene rings is 1. The lowest BCUT2D eigenvalue weighted by molar-refractivity contribution is -0.117. The average Bonchev–Trinajstić information content (AvgIpc) is 3.11. The van der Waals surface area contributed by atoms with Crippen LogP contribution in [0.3, 0.4) is 0 Å². The van der Waals surface area contributed by atoms with Crippen LogP contribution in [0.2, 0.25) is 0 Å². The van der Waals surface area contributed by atoms with Crippen molar-refractivity contribution in [2.75, 3.05) is 5.75 Å². The van der Waals surface area contributed by atoms with Crippen molar-refractivity contribution in [3.8, 4) is 0 Å². The summed E-state index contributed by atoms with van der Waals surface area (Å²) in [6, 6.07) is 14.5. The van der Waals surface area contributed by atoms with E-state index in [2.05, 4.69) is 15.6 Å². The number of amides is 3. The molecule has 0 unspecified atom stereocenters. The molecule has 0 saturated heterocycles. The molecule has 2 aromatic heterocycles. The first-order valence-corrected chi connectivity index (χ1v) is 8.28. The highest BCUT2D eigenvalue weighted by Crippen LogP contribution is 2.19. The van der Waals surface area contributed by atoms with E-state index in [0.717, 1.165) is 15.9 Å². The molecule has 0 spiro atoms. The van der Waals surface area contributed by atoms with Crippen molar-refractivity contribution in [2.24, 2.45) is 0 Å². The molecule has 3 amide bonds. The van der Waals surface area contributed by atoms with Gasteiger partial charge in [-0.2, -0.15) is 0 Å². The molecule has 2 heterocycles. The Balaban J connectivity index is 1.46. The van der Waals surface area contributed by atoms with Crippen molar-refractivity contribution in [3.63, 3.8) is 0 Å². The molecule has 3 aromatic rings. The van der Waals surface area contributed by atoms with Crippen LogP contribution in [0.25, 0.3) is 10.9 Å². The number of imide groups is 1. The van der Waals surface area contributed by atoms with Gasteiger partial charge in [-0.1, -0.05) is 36.0 Å². The van der Waals surface area contributed by atoms with Crippen LogP contribution in [-0.2, 0) is 11.3 Å². The predicted molar refractivity (Wildman–Crippen MR) is 91.6 cm³/mol. The molecule has 0 atom stereocenters. The number of nitrogens with zero attached hydrogens (tertiary/aromatic N) is 1. The summed E-state index contributed by atoms with van der Waals surface area (Å²) in [5.74, 6) is 0.346. The van der Waals surface area contributed by atoms with Crippen LogP contribution in [0, 0.1) is 0 Å². The van der Waals surface area contributed by atoms with Crippen LogP contribution < -0.4 is 10.6 Å². The molecule has 24 heavy (non-hydrogen) atoms. The number of aromatic nitrogens is 1. The largest absolute Gasteiger partial charge is 0.467 e. The van der Waals surface area contributed by atoms with Gasteiger partial charge in [-0.05, 0) is 24.3 Å². The fraction of sp³-hybridized carbons (Fsp3) is 0.118. The van der Waals surface area contributed by atoms with E-state index < -0.39 is 6.03 Å². The summed E-state index contributed by atoms with van der Waals surface area (Å²) in [6.07, 6.45) is 1.52. The molecule has 6 nitrogen and oxygen atoms in total. The lowest BCUT2D eigenvalue weighted by Gasteiger charge is -2.06. The zero-order valence-corrected chi connectivity index (χ0v) is 13.5. The van der Waals surface area contributed by atoms with Crippen LogP contribution in [0.1, 0.15) is 5.76 Å². The van der Waals surface area contributed by atoms with Crippen molar-refractivity contribution < 1.29 is 14.0 Å². The van der Waals surface area contributed by atoms with Gasteiger partial charge in [-0.15, -0.1) is 0 Å². The quantitative estimate of drug-likeness (QED) is 0.697. The predicted octanol–water partition coefficient (Wildman–Crippen LogP) is 2.95. The Labute approximate surface area is 142 Å². The lowest BCUT2D eigenvalue weighted by atomic mass is 10.2. The average molecular weight is 341 g/mol. The zero-order valence-electron chi connectivity index (χ0n) is 12.7. The molecule has 3 rings (SSSR count). The summed E-state index contributed by atoms with van der Waals surface area (Å²) < 4.78 is 5.09. The van der Waals surface area contributed by atoms with Gasteiger partial charge < -0.3 is 9.73 Å². The molecule has 2 N–H and O–H groups in total. The van der Waals surface area contributed by atoms with Crippen molar-refractivity contribution in [3.05, 3.63) is 60.6 Å². The number of fused-ring (bicyclic) bond motifs is 1. The smallest absolute Gasteiger partial charge is 0.321 e. The van der Waals surface area contributed by atoms with E-state index in [1.54, 1.807) is 12.1 Å². The second-order valence-corrected chi connectivity index (χ2v) is 5.94. The van der Waals surface area contributed by atoms with E-state index in [9.17, 15) is 9.59 Å². The highest BCUT2D eigenvalue weighted by atomic mass is 32.2. The molecule has 7 heteroatoms. The van der Waals surface area contributed by atoms with E-state index in [0.29, 0.717) is 5.76 Å². The number of urea groups is 1. The summed E-state index contributed by atoms with van der Waals surface area (Å²) >= 11 is 1.28. The van der Waals surface area contributed by atoms with Gasteiger partial charge in [-0.3, -0.25) is 10.1 Å². The molecule has 0 aliphatic rings. The van der Waals surface area contributed by atoms with Crippen LogP contribution in [0.4, 0.5) is 4.79 Å². The maximum atomic E-state index is 11.8. The minimum absolute atomic E-state index is 0.111. The molecule has 0 radical (unpaired) electrons. The number of carbonyl (C=O) groups excluding carboxylic acids is 2. The number of rotatable bonds is 5. The van der Waals surface area contributed by atoms with E-state index in [4.69, 9.17) is 4.42 Å². The molecule has 0 aliphatic heterocycles. The van der Waals surface area contributed by atoms with Crippen molar-refractivity contribution in [1.82, 2.24) is 15.6 Å². The summed E-state index contributed by atoms with van der Waals surface area (Å²) in [6.45, 7) is 0.228. The maximum Gasteiger partial charge on any atom is 0.321 e. The molecule has 0 bridgehead atoms. The highest BCUT2D eigenvalue weighted by molar-refractivity contribution is 7.99. The van der Waals surface area contributed by atoms with E-state index >= 15 is 0 Å². The first kappa shape index (κ1) is 16.1. The molecule has 1 aromatic carbocycles. The van der Waals surface area contributed by atoms with E-state index in [1.807, 2.05) is 36.4 Å². The minimum Gasteiger partial charge on any atom is -0.467 e. The number of thioether (sulfide) groups is 1. The van der Waals surface area contributed by atoms with E-state index in [-0.39, 0.29) is 18.2 Å². The molecular formula is C17H15N3O3S. The summed E-state index contributed by atoms with van der Waals surface area (Å²) in [4.78, 5) is 27.9. The van der Waals surface area contributed by atoms with Gasteiger partial charge in [0.15, 0.2) is 0 Å². The van der Waals surface area contributed by atoms with E-state index in [1.165, 1.54) is 18.0 Å². The van der Waals surface area contributed by atoms with Crippen LogP contribution >= 0.6 is 11.8 Å². The Morgan fingerprint density at radius 2 is 1.96 bits per heavy atom. The van der Waals surface area contributed by atoms with Gasteiger partial charge in [-0.25, -0.2) is 9.78 Å². The van der Waals surface area contributed by atoms with Gasteiger partial charge in [0.25, 0.3) is 0 Å². The fourth-order valence-corrected chi connectivity index (χ4v) is 2.73. The monoisotopic (exact) mass is 341 g/mol. The molecule has 122 valence electrons. The SMILES string of the molecule is O=C(CSc1ccc2ccccc2n1)NC(=O)NCc1ccco1. The number of furan rings is 1. The Bertz CT molecular complexity index is 849. The molecule has 0 aliphatic carbocycles. The molecule has 0 saturated carbocycles. The van der Waals surface area contributed by atoms with Crippen LogP contribution in [0.15, 0.2) is 64.2 Å². The van der Waals surface area contributed by atoms with Crippen molar-refractivity contribution in [2.45, 2.75) is 11.6 Å². The van der Waals surface area contributed by atoms with Crippen LogP contribution in [0.5, 0.6) is 0 Å². The Kier molecular flexibility index (Phi) is 5.12. The van der Waals surface area contributed by atoms with Gasteiger partial charge in [0.1, 0.15) is 5.76 Å². The van der Waals surface area contributed by atoms with Crippen molar-refractivity contribution >= 4 is 34.6 Å². The highest BCUT2D eigenvalue weighted by Gasteiger charge is 2.09. The third kappa shape index (κ3) is 4.36. The number of pyridine rings is 1. The number of hydrogen-bond acceptors (Lipinski definition) is 5. The summed E-state index contributed by atoms with van der Waals surface area (Å²) in [5, 5.41) is 6.60. The van der Waals surface area contributed by atoms with Gasteiger partial charge >= 0.3 is 6.03 Å². The van der Waals surface area contributed by atoms with Gasteiger partial charge in [0.2, 0.25) is 5.91 Å². The second kappa shape index (κ2) is 7.65. The zero-order chi connectivity index (χ0) is 16.8. The second-order valence-electron chi connectivity index (χ2n) is 4.94. The van der Waals surface area contributed by atoms with Gasteiger partial charge in [0, 0.05) is 5.39 Å². The number of para-hydroxylation sites is 1.